The molecule has 2 rings (SSSR count). The van der Waals surface area contributed by atoms with Crippen LogP contribution < -0.4 is 27.4 Å². The van der Waals surface area contributed by atoms with Crippen molar-refractivity contribution in [2.24, 2.45) is 17.4 Å². The van der Waals surface area contributed by atoms with Crippen molar-refractivity contribution < 1.29 is 34.2 Å². The number of H-pyrrole nitrogens is 1. The number of aliphatic carboxylic acids is 1. The molecule has 10 N–H and O–H groups in total. The number of carbonyl (C=O) groups excluding carboxylic acids is 4. The predicted molar refractivity (Wildman–Crippen MR) is 143 cm³/mol. The number of para-hydroxylation sites is 1. The maximum absolute atomic E-state index is 13.1. The number of rotatable bonds is 15. The highest BCUT2D eigenvalue weighted by Crippen LogP contribution is 2.19. The Morgan fingerprint density at radius 1 is 0.974 bits per heavy atom. The molecule has 6 unspecified atom stereocenters. The van der Waals surface area contributed by atoms with Gasteiger partial charge in [0, 0.05) is 29.9 Å². The van der Waals surface area contributed by atoms with Gasteiger partial charge in [-0.2, -0.15) is 0 Å². The zero-order valence-electron chi connectivity index (χ0n) is 22.3. The van der Waals surface area contributed by atoms with E-state index in [0.717, 1.165) is 10.9 Å². The van der Waals surface area contributed by atoms with Crippen molar-refractivity contribution in [3.05, 3.63) is 36.0 Å². The summed E-state index contributed by atoms with van der Waals surface area (Å²) in [5, 5.41) is 28.0. The number of aromatic nitrogens is 1. The van der Waals surface area contributed by atoms with Gasteiger partial charge in [0.2, 0.25) is 23.6 Å². The normalized spacial score (nSPS) is 15.8. The highest BCUT2D eigenvalue weighted by atomic mass is 16.4. The summed E-state index contributed by atoms with van der Waals surface area (Å²) in [4.78, 5) is 65.0. The Morgan fingerprint density at radius 2 is 1.62 bits per heavy atom. The Labute approximate surface area is 226 Å². The van der Waals surface area contributed by atoms with Gasteiger partial charge in [-0.3, -0.25) is 19.2 Å². The molecule has 2 aromatic rings. The first-order valence-electron chi connectivity index (χ1n) is 12.8. The number of aliphatic hydroxyl groups excluding tert-OH is 1. The van der Waals surface area contributed by atoms with Crippen molar-refractivity contribution in [1.82, 2.24) is 20.9 Å². The van der Waals surface area contributed by atoms with E-state index in [9.17, 15) is 34.2 Å². The summed E-state index contributed by atoms with van der Waals surface area (Å²) in [6, 6.07) is 2.14. The standard InChI is InChI=1S/C26H38N6O7/c1-4-13(2)21(28)24(36)30-18(9-10-20(27)34)23(35)32-22(14(3)33)25(37)31-19(26(38)39)11-15-12-29-17-8-6-5-7-16(15)17/h5-8,12-14,18-19,21-22,29,33H,4,9-11,28H2,1-3H3,(H2,27,34)(H,30,36)(H,31,37)(H,32,35)(H,38,39). The van der Waals surface area contributed by atoms with Crippen LogP contribution in [-0.4, -0.2) is 75.1 Å². The molecule has 13 heteroatoms. The van der Waals surface area contributed by atoms with Gasteiger partial charge in [-0.05, 0) is 30.9 Å². The van der Waals surface area contributed by atoms with Gasteiger partial charge in [-0.1, -0.05) is 38.5 Å². The molecule has 0 saturated heterocycles. The van der Waals surface area contributed by atoms with Gasteiger partial charge in [0.1, 0.15) is 18.1 Å². The molecule has 0 aliphatic rings. The number of aromatic amines is 1. The molecule has 214 valence electrons. The molecule has 39 heavy (non-hydrogen) atoms. The predicted octanol–water partition coefficient (Wildman–Crippen LogP) is -0.731. The molecular formula is C26H38N6O7. The number of hydrogen-bond donors (Lipinski definition) is 8. The molecule has 0 bridgehead atoms. The third kappa shape index (κ3) is 8.79. The van der Waals surface area contributed by atoms with E-state index in [4.69, 9.17) is 11.5 Å². The van der Waals surface area contributed by atoms with E-state index in [-0.39, 0.29) is 25.2 Å². The zero-order chi connectivity index (χ0) is 29.3. The average molecular weight is 547 g/mol. The van der Waals surface area contributed by atoms with Crippen LogP contribution in [0.25, 0.3) is 10.9 Å². The Morgan fingerprint density at radius 3 is 2.21 bits per heavy atom. The van der Waals surface area contributed by atoms with Crippen LogP contribution in [-0.2, 0) is 30.4 Å². The number of hydrogen-bond acceptors (Lipinski definition) is 7. The first-order valence-corrected chi connectivity index (χ1v) is 12.8. The molecule has 0 radical (unpaired) electrons. The fourth-order valence-corrected chi connectivity index (χ4v) is 3.98. The zero-order valence-corrected chi connectivity index (χ0v) is 22.3. The molecule has 1 aromatic carbocycles. The number of aliphatic hydroxyl groups is 1. The lowest BCUT2D eigenvalue weighted by atomic mass is 9.98. The third-order valence-corrected chi connectivity index (χ3v) is 6.65. The van der Waals surface area contributed by atoms with Gasteiger partial charge < -0.3 is 42.6 Å². The fraction of sp³-hybridized carbons (Fsp3) is 0.500. The Balaban J connectivity index is 2.17. The van der Waals surface area contributed by atoms with E-state index in [1.54, 1.807) is 19.2 Å². The average Bonchev–Trinajstić information content (AvgIpc) is 3.30. The van der Waals surface area contributed by atoms with Crippen molar-refractivity contribution in [3.8, 4) is 0 Å². The lowest BCUT2D eigenvalue weighted by molar-refractivity contribution is -0.143. The molecule has 0 aliphatic heterocycles. The van der Waals surface area contributed by atoms with Crippen molar-refractivity contribution in [2.75, 3.05) is 0 Å². The molecule has 13 nitrogen and oxygen atoms in total. The fourth-order valence-electron chi connectivity index (χ4n) is 3.98. The largest absolute Gasteiger partial charge is 0.480 e. The first kappa shape index (κ1) is 31.2. The number of amides is 4. The summed E-state index contributed by atoms with van der Waals surface area (Å²) in [6.07, 6.45) is 0.361. The summed E-state index contributed by atoms with van der Waals surface area (Å²) in [7, 11) is 0. The van der Waals surface area contributed by atoms with E-state index < -0.39 is 59.9 Å². The van der Waals surface area contributed by atoms with Gasteiger partial charge in [-0.15, -0.1) is 0 Å². The Hall–Kier alpha value is -3.97. The topological polar surface area (TPSA) is 230 Å². The quantitative estimate of drug-likeness (QED) is 0.142. The lowest BCUT2D eigenvalue weighted by Gasteiger charge is -2.27. The van der Waals surface area contributed by atoms with Crippen LogP contribution in [0.4, 0.5) is 0 Å². The van der Waals surface area contributed by atoms with Gasteiger partial charge >= 0.3 is 5.97 Å². The molecule has 0 spiro atoms. The second kappa shape index (κ2) is 14.3. The van der Waals surface area contributed by atoms with E-state index in [1.165, 1.54) is 6.92 Å². The number of fused-ring (bicyclic) bond motifs is 1. The molecule has 1 heterocycles. The second-order valence-corrected chi connectivity index (χ2v) is 9.67. The second-order valence-electron chi connectivity index (χ2n) is 9.67. The van der Waals surface area contributed by atoms with E-state index >= 15 is 0 Å². The summed E-state index contributed by atoms with van der Waals surface area (Å²) >= 11 is 0. The Kier molecular flexibility index (Phi) is 11.4. The van der Waals surface area contributed by atoms with Crippen LogP contribution in [0, 0.1) is 5.92 Å². The molecule has 6 atom stereocenters. The smallest absolute Gasteiger partial charge is 0.326 e. The molecule has 0 fully saturated rings. The highest BCUT2D eigenvalue weighted by molar-refractivity contribution is 5.95. The van der Waals surface area contributed by atoms with Crippen molar-refractivity contribution in [3.63, 3.8) is 0 Å². The van der Waals surface area contributed by atoms with E-state index in [0.29, 0.717) is 12.0 Å². The van der Waals surface area contributed by atoms with E-state index in [1.807, 2.05) is 25.1 Å². The number of nitrogens with two attached hydrogens (primary N) is 2. The molecule has 0 saturated carbocycles. The van der Waals surface area contributed by atoms with Gasteiger partial charge in [-0.25, -0.2) is 4.79 Å². The van der Waals surface area contributed by atoms with Gasteiger partial charge in [0.25, 0.3) is 0 Å². The van der Waals surface area contributed by atoms with Crippen LogP contribution in [0.15, 0.2) is 30.5 Å². The van der Waals surface area contributed by atoms with Crippen molar-refractivity contribution >= 4 is 40.5 Å². The number of carboxylic acids is 1. The summed E-state index contributed by atoms with van der Waals surface area (Å²) in [5.74, 6) is -4.65. The number of carbonyl (C=O) groups is 5. The van der Waals surface area contributed by atoms with Crippen molar-refractivity contribution in [1.29, 1.82) is 0 Å². The Bertz CT molecular complexity index is 1180. The van der Waals surface area contributed by atoms with Crippen LogP contribution in [0.2, 0.25) is 0 Å². The van der Waals surface area contributed by atoms with Crippen LogP contribution in [0.3, 0.4) is 0 Å². The summed E-state index contributed by atoms with van der Waals surface area (Å²) in [6.45, 7) is 4.87. The summed E-state index contributed by atoms with van der Waals surface area (Å²) in [5.41, 5.74) is 12.6. The maximum atomic E-state index is 13.1. The highest BCUT2D eigenvalue weighted by Gasteiger charge is 2.33. The maximum Gasteiger partial charge on any atom is 0.326 e. The lowest BCUT2D eigenvalue weighted by Crippen LogP contribution is -2.60. The minimum atomic E-state index is -1.56. The SMILES string of the molecule is CCC(C)C(N)C(=O)NC(CCC(N)=O)C(=O)NC(C(=O)NC(Cc1c[nH]c2ccccc12)C(=O)O)C(C)O. The number of nitrogens with one attached hydrogen (secondary N) is 4. The molecule has 1 aromatic heterocycles. The van der Waals surface area contributed by atoms with Gasteiger partial charge in [0.15, 0.2) is 0 Å². The number of carboxylic acid groups (broad SMARTS) is 1. The number of primary amides is 1. The number of benzene rings is 1. The van der Waals surface area contributed by atoms with Crippen LogP contribution in [0.1, 0.15) is 45.6 Å². The van der Waals surface area contributed by atoms with Crippen LogP contribution >= 0.6 is 0 Å². The van der Waals surface area contributed by atoms with Crippen molar-refractivity contribution in [2.45, 2.75) is 76.7 Å². The van der Waals surface area contributed by atoms with Crippen LogP contribution in [0.5, 0.6) is 0 Å². The third-order valence-electron chi connectivity index (χ3n) is 6.65. The summed E-state index contributed by atoms with van der Waals surface area (Å²) < 4.78 is 0. The molecule has 0 aliphatic carbocycles. The van der Waals surface area contributed by atoms with E-state index in [2.05, 4.69) is 20.9 Å². The molecule has 4 amide bonds. The monoisotopic (exact) mass is 546 g/mol. The minimum Gasteiger partial charge on any atom is -0.480 e. The minimum absolute atomic E-state index is 0.0592. The molecular weight excluding hydrogens is 508 g/mol. The first-order chi connectivity index (χ1) is 18.3. The van der Waals surface area contributed by atoms with Gasteiger partial charge in [0.05, 0.1) is 12.1 Å².